The lowest BCUT2D eigenvalue weighted by atomic mass is 10.00. The molecule has 2 nitrogen and oxygen atoms in total. The van der Waals surface area contributed by atoms with Crippen LogP contribution in [0.2, 0.25) is 0 Å². The fraction of sp³-hybridized carbons (Fsp3) is 0. The highest BCUT2D eigenvalue weighted by Gasteiger charge is 2.22. The van der Waals surface area contributed by atoms with E-state index >= 15 is 0 Å². The molecule has 0 atom stereocenters. The zero-order valence-electron chi connectivity index (χ0n) is 30.2. The Labute approximate surface area is 331 Å². The SMILES string of the molecule is c1ccc(-c2c3ccccc3n3c2ccc2cccc(-c4ccc(N(c5cccc6c5sc5ccccc56)c5cccc6c5sc5ccccc56)cc4)c23)cc1. The molecule has 0 fully saturated rings. The third-order valence-corrected chi connectivity index (χ3v) is 13.8. The molecular formula is C52H32N2S2. The van der Waals surface area contributed by atoms with Crippen molar-refractivity contribution < 1.29 is 0 Å². The van der Waals surface area contributed by atoms with Crippen LogP contribution in [0.25, 0.3) is 89.9 Å². The van der Waals surface area contributed by atoms with Gasteiger partial charge in [-0.2, -0.15) is 0 Å². The minimum atomic E-state index is 1.13. The minimum Gasteiger partial charge on any atom is -0.308 e. The zero-order chi connectivity index (χ0) is 36.7. The molecule has 4 aromatic heterocycles. The number of hydrogen-bond acceptors (Lipinski definition) is 3. The predicted octanol–water partition coefficient (Wildman–Crippen LogP) is 15.8. The summed E-state index contributed by atoms with van der Waals surface area (Å²) >= 11 is 3.76. The number of para-hydroxylation sites is 2. The van der Waals surface area contributed by atoms with Crippen LogP contribution in [0.1, 0.15) is 0 Å². The van der Waals surface area contributed by atoms with Gasteiger partial charge in [-0.05, 0) is 65.0 Å². The third-order valence-electron chi connectivity index (χ3n) is 11.4. The number of rotatable bonds is 5. The Morgan fingerprint density at radius 1 is 0.375 bits per heavy atom. The summed E-state index contributed by atoms with van der Waals surface area (Å²) in [7, 11) is 0. The van der Waals surface area contributed by atoms with E-state index in [1.807, 2.05) is 22.7 Å². The van der Waals surface area contributed by atoms with Crippen LogP contribution in [0.5, 0.6) is 0 Å². The Balaban J connectivity index is 1.09. The first-order valence-electron chi connectivity index (χ1n) is 19.0. The Kier molecular flexibility index (Phi) is 7.00. The lowest BCUT2D eigenvalue weighted by molar-refractivity contribution is 1.32. The first kappa shape index (κ1) is 31.6. The van der Waals surface area contributed by atoms with E-state index in [1.165, 1.54) is 101 Å². The van der Waals surface area contributed by atoms with Gasteiger partial charge < -0.3 is 9.30 Å². The molecule has 0 spiro atoms. The van der Waals surface area contributed by atoms with Gasteiger partial charge in [0.2, 0.25) is 0 Å². The fourth-order valence-corrected chi connectivity index (χ4v) is 11.3. The average Bonchev–Trinajstić information content (AvgIpc) is 3.95. The molecule has 0 saturated carbocycles. The number of benzene rings is 8. The molecule has 12 rings (SSSR count). The van der Waals surface area contributed by atoms with Crippen molar-refractivity contribution in [3.8, 4) is 22.3 Å². The number of fused-ring (bicyclic) bond motifs is 11. The Hall–Kier alpha value is -6.72. The maximum absolute atomic E-state index is 2.49. The van der Waals surface area contributed by atoms with Gasteiger partial charge >= 0.3 is 0 Å². The van der Waals surface area contributed by atoms with Crippen molar-refractivity contribution in [2.24, 2.45) is 0 Å². The summed E-state index contributed by atoms with van der Waals surface area (Å²) in [6.45, 7) is 0. The molecule has 12 aromatic rings. The van der Waals surface area contributed by atoms with Crippen molar-refractivity contribution in [3.63, 3.8) is 0 Å². The molecule has 0 aliphatic carbocycles. The smallest absolute Gasteiger partial charge is 0.0640 e. The second-order valence-corrected chi connectivity index (χ2v) is 16.5. The topological polar surface area (TPSA) is 7.65 Å². The normalized spacial score (nSPS) is 11.9. The summed E-state index contributed by atoms with van der Waals surface area (Å²) in [4.78, 5) is 2.49. The second kappa shape index (κ2) is 12.4. The van der Waals surface area contributed by atoms with Crippen LogP contribution in [0.4, 0.5) is 17.1 Å². The van der Waals surface area contributed by atoms with E-state index in [9.17, 15) is 0 Å². The molecule has 56 heavy (non-hydrogen) atoms. The molecule has 0 N–H and O–H groups in total. The standard InChI is InChI=1S/C52H32N2S2/c1-2-13-34(14-3-1)49-42-18-4-7-22-43(42)54-44(49)32-29-35-15-10-19-37(50(35)54)33-27-30-36(31-28-33)53(45-23-11-20-40-38-16-5-8-25-47(38)55-51(40)45)46-24-12-21-41-39-17-6-9-26-48(39)56-52(41)46/h1-32H. The molecule has 262 valence electrons. The van der Waals surface area contributed by atoms with Crippen LogP contribution in [0, 0.1) is 0 Å². The van der Waals surface area contributed by atoms with Crippen LogP contribution >= 0.6 is 22.7 Å². The van der Waals surface area contributed by atoms with Crippen molar-refractivity contribution in [3.05, 3.63) is 194 Å². The van der Waals surface area contributed by atoms with Gasteiger partial charge in [-0.3, -0.25) is 0 Å². The summed E-state index contributed by atoms with van der Waals surface area (Å²) < 4.78 is 7.68. The van der Waals surface area contributed by atoms with E-state index in [0.29, 0.717) is 0 Å². The Morgan fingerprint density at radius 2 is 0.946 bits per heavy atom. The lowest BCUT2D eigenvalue weighted by Crippen LogP contribution is -2.10. The molecule has 0 amide bonds. The van der Waals surface area contributed by atoms with Gasteiger partial charge in [0, 0.05) is 53.1 Å². The molecule has 4 heterocycles. The summed E-state index contributed by atoms with van der Waals surface area (Å²) in [5.74, 6) is 0. The average molecular weight is 749 g/mol. The summed E-state index contributed by atoms with van der Waals surface area (Å²) in [6.07, 6.45) is 0. The van der Waals surface area contributed by atoms with Crippen LogP contribution < -0.4 is 4.90 Å². The van der Waals surface area contributed by atoms with Crippen molar-refractivity contribution >= 4 is 107 Å². The largest absolute Gasteiger partial charge is 0.308 e. The predicted molar refractivity (Wildman–Crippen MR) is 244 cm³/mol. The monoisotopic (exact) mass is 748 g/mol. The summed E-state index contributed by atoms with van der Waals surface area (Å²) in [5, 5.41) is 7.68. The number of anilines is 3. The molecule has 0 aliphatic heterocycles. The third kappa shape index (κ3) is 4.67. The first-order chi connectivity index (χ1) is 27.8. The number of pyridine rings is 1. The van der Waals surface area contributed by atoms with E-state index in [4.69, 9.17) is 0 Å². The van der Waals surface area contributed by atoms with Gasteiger partial charge in [0.05, 0.1) is 37.3 Å². The number of hydrogen-bond donors (Lipinski definition) is 0. The minimum absolute atomic E-state index is 1.13. The quantitative estimate of drug-likeness (QED) is 0.170. The van der Waals surface area contributed by atoms with Gasteiger partial charge in [-0.1, -0.05) is 146 Å². The van der Waals surface area contributed by atoms with E-state index in [0.717, 1.165) is 5.69 Å². The first-order valence-corrected chi connectivity index (χ1v) is 20.6. The van der Waals surface area contributed by atoms with Crippen LogP contribution in [-0.2, 0) is 0 Å². The van der Waals surface area contributed by atoms with Crippen molar-refractivity contribution in [1.82, 2.24) is 4.40 Å². The number of thiophene rings is 2. The second-order valence-electron chi connectivity index (χ2n) is 14.4. The van der Waals surface area contributed by atoms with Gasteiger partial charge in [0.1, 0.15) is 0 Å². The van der Waals surface area contributed by atoms with E-state index < -0.39 is 0 Å². The van der Waals surface area contributed by atoms with E-state index in [-0.39, 0.29) is 0 Å². The Morgan fingerprint density at radius 3 is 1.62 bits per heavy atom. The van der Waals surface area contributed by atoms with Gasteiger partial charge in [0.15, 0.2) is 0 Å². The number of aromatic nitrogens is 1. The lowest BCUT2D eigenvalue weighted by Gasteiger charge is -2.27. The zero-order valence-corrected chi connectivity index (χ0v) is 31.8. The van der Waals surface area contributed by atoms with E-state index in [1.54, 1.807) is 0 Å². The molecule has 0 aliphatic rings. The highest BCUT2D eigenvalue weighted by molar-refractivity contribution is 7.27. The fourth-order valence-electron chi connectivity index (χ4n) is 8.93. The molecule has 8 aromatic carbocycles. The molecule has 4 heteroatoms. The highest BCUT2D eigenvalue weighted by atomic mass is 32.1. The van der Waals surface area contributed by atoms with Crippen molar-refractivity contribution in [2.45, 2.75) is 0 Å². The Bertz CT molecular complexity index is 3370. The molecular weight excluding hydrogens is 717 g/mol. The molecule has 0 bridgehead atoms. The maximum Gasteiger partial charge on any atom is 0.0640 e. The number of nitrogens with zero attached hydrogens (tertiary/aromatic N) is 2. The maximum atomic E-state index is 2.49. The van der Waals surface area contributed by atoms with E-state index in [2.05, 4.69) is 203 Å². The summed E-state index contributed by atoms with van der Waals surface area (Å²) in [5.41, 5.74) is 12.1. The van der Waals surface area contributed by atoms with Crippen LogP contribution in [0.15, 0.2) is 194 Å². The molecule has 0 unspecified atom stereocenters. The van der Waals surface area contributed by atoms with Gasteiger partial charge in [-0.25, -0.2) is 0 Å². The van der Waals surface area contributed by atoms with Crippen LogP contribution in [-0.4, -0.2) is 4.40 Å². The van der Waals surface area contributed by atoms with Crippen molar-refractivity contribution in [1.29, 1.82) is 0 Å². The van der Waals surface area contributed by atoms with Crippen molar-refractivity contribution in [2.75, 3.05) is 4.90 Å². The van der Waals surface area contributed by atoms with Gasteiger partial charge in [-0.15, -0.1) is 22.7 Å². The van der Waals surface area contributed by atoms with Gasteiger partial charge in [0.25, 0.3) is 0 Å². The van der Waals surface area contributed by atoms with Crippen LogP contribution in [0.3, 0.4) is 0 Å². The molecule has 0 radical (unpaired) electrons. The highest BCUT2D eigenvalue weighted by Crippen LogP contribution is 2.49. The molecule has 0 saturated heterocycles. The summed E-state index contributed by atoms with van der Waals surface area (Å²) in [6, 6.07) is 71.3.